The zero-order valence-corrected chi connectivity index (χ0v) is 12.2. The minimum absolute atomic E-state index is 0.0970. The van der Waals surface area contributed by atoms with E-state index in [0.717, 1.165) is 30.8 Å². The van der Waals surface area contributed by atoms with Gasteiger partial charge in [0.25, 0.3) is 0 Å². The molecule has 0 aliphatic carbocycles. The predicted octanol–water partition coefficient (Wildman–Crippen LogP) is 3.10. The molecule has 0 amide bonds. The van der Waals surface area contributed by atoms with Gasteiger partial charge < -0.3 is 5.32 Å². The summed E-state index contributed by atoms with van der Waals surface area (Å²) in [4.78, 5) is 2.42. The maximum absolute atomic E-state index is 13.6. The molecule has 2 rings (SSSR count). The van der Waals surface area contributed by atoms with E-state index in [4.69, 9.17) is 0 Å². The summed E-state index contributed by atoms with van der Waals surface area (Å²) in [5.74, 6) is -0.0970. The van der Waals surface area contributed by atoms with Crippen LogP contribution < -0.4 is 5.32 Å². The van der Waals surface area contributed by atoms with Gasteiger partial charge >= 0.3 is 0 Å². The monoisotopic (exact) mass is 264 g/mol. The molecule has 1 saturated heterocycles. The average molecular weight is 264 g/mol. The van der Waals surface area contributed by atoms with Gasteiger partial charge in [0.05, 0.1) is 0 Å². The summed E-state index contributed by atoms with van der Waals surface area (Å²) in [6, 6.07) is 6.66. The Hall–Kier alpha value is -0.930. The molecule has 1 unspecified atom stereocenters. The number of nitrogens with zero attached hydrogens (tertiary/aromatic N) is 1. The first kappa shape index (κ1) is 14.5. The van der Waals surface area contributed by atoms with Gasteiger partial charge in [0, 0.05) is 25.2 Å². The molecule has 1 atom stereocenters. The van der Waals surface area contributed by atoms with Gasteiger partial charge in [-0.05, 0) is 57.4 Å². The molecular weight excluding hydrogens is 239 g/mol. The smallest absolute Gasteiger partial charge is 0.126 e. The van der Waals surface area contributed by atoms with Crippen LogP contribution in [0.4, 0.5) is 4.39 Å². The molecule has 0 saturated carbocycles. The molecule has 0 bridgehead atoms. The van der Waals surface area contributed by atoms with Crippen LogP contribution >= 0.6 is 0 Å². The summed E-state index contributed by atoms with van der Waals surface area (Å²) in [5, 5.41) is 3.53. The number of aryl methyl sites for hydroxylation is 1. The van der Waals surface area contributed by atoms with Crippen LogP contribution in [-0.2, 0) is 6.54 Å². The minimum Gasteiger partial charge on any atom is -0.313 e. The van der Waals surface area contributed by atoms with E-state index in [2.05, 4.69) is 24.1 Å². The quantitative estimate of drug-likeness (QED) is 0.879. The molecule has 2 nitrogen and oxygen atoms in total. The fourth-order valence-electron chi connectivity index (χ4n) is 2.62. The van der Waals surface area contributed by atoms with Crippen molar-refractivity contribution >= 4 is 0 Å². The van der Waals surface area contributed by atoms with Gasteiger partial charge in [-0.15, -0.1) is 0 Å². The summed E-state index contributed by atoms with van der Waals surface area (Å²) >= 11 is 0. The van der Waals surface area contributed by atoms with E-state index >= 15 is 0 Å². The lowest BCUT2D eigenvalue weighted by atomic mass is 10.1. The number of benzene rings is 1. The van der Waals surface area contributed by atoms with Crippen LogP contribution in [0.3, 0.4) is 0 Å². The molecule has 1 aliphatic heterocycles. The molecule has 3 heteroatoms. The van der Waals surface area contributed by atoms with Gasteiger partial charge in [0.15, 0.2) is 0 Å². The third-order valence-corrected chi connectivity index (χ3v) is 3.97. The zero-order valence-electron chi connectivity index (χ0n) is 12.2. The number of hydrogen-bond donors (Lipinski definition) is 1. The number of hydrogen-bond acceptors (Lipinski definition) is 2. The first-order chi connectivity index (χ1) is 9.06. The van der Waals surface area contributed by atoms with E-state index in [0.29, 0.717) is 12.1 Å². The van der Waals surface area contributed by atoms with E-state index in [1.165, 1.54) is 12.8 Å². The normalized spacial score (nSPS) is 19.6. The summed E-state index contributed by atoms with van der Waals surface area (Å²) in [6.45, 7) is 9.23. The Bertz CT molecular complexity index is 411. The predicted molar refractivity (Wildman–Crippen MR) is 77.7 cm³/mol. The van der Waals surface area contributed by atoms with Gasteiger partial charge in [0.2, 0.25) is 0 Å². The summed E-state index contributed by atoms with van der Waals surface area (Å²) in [7, 11) is 0. The van der Waals surface area contributed by atoms with E-state index in [9.17, 15) is 4.39 Å². The maximum atomic E-state index is 13.6. The van der Waals surface area contributed by atoms with Crippen molar-refractivity contribution in [3.8, 4) is 0 Å². The van der Waals surface area contributed by atoms with Crippen molar-refractivity contribution < 1.29 is 4.39 Å². The molecule has 0 aromatic heterocycles. The second-order valence-corrected chi connectivity index (χ2v) is 5.90. The average Bonchev–Trinajstić information content (AvgIpc) is 2.86. The Balaban J connectivity index is 2.00. The lowest BCUT2D eigenvalue weighted by Gasteiger charge is -2.29. The highest BCUT2D eigenvalue weighted by Crippen LogP contribution is 2.15. The standard InChI is InChI=1S/C16H25FN2/c1-12(2)19(11-15-5-4-8-18-15)10-14-7-6-13(3)16(17)9-14/h6-7,9,12,15,18H,4-5,8,10-11H2,1-3H3. The van der Waals surface area contributed by atoms with E-state index in [-0.39, 0.29) is 5.82 Å². The lowest BCUT2D eigenvalue weighted by molar-refractivity contribution is 0.194. The lowest BCUT2D eigenvalue weighted by Crippen LogP contribution is -2.40. The molecule has 0 spiro atoms. The molecule has 1 aromatic rings. The third kappa shape index (κ3) is 4.02. The first-order valence-electron chi connectivity index (χ1n) is 7.28. The van der Waals surface area contributed by atoms with Crippen LogP contribution in [0.25, 0.3) is 0 Å². The fourth-order valence-corrected chi connectivity index (χ4v) is 2.62. The number of halogens is 1. The van der Waals surface area contributed by atoms with E-state index in [1.807, 2.05) is 19.1 Å². The Kier molecular flexibility index (Phi) is 4.94. The van der Waals surface area contributed by atoms with Crippen molar-refractivity contribution in [1.29, 1.82) is 0 Å². The minimum atomic E-state index is -0.0970. The van der Waals surface area contributed by atoms with Crippen molar-refractivity contribution in [2.75, 3.05) is 13.1 Å². The van der Waals surface area contributed by atoms with Gasteiger partial charge in [-0.1, -0.05) is 12.1 Å². The van der Waals surface area contributed by atoms with Crippen molar-refractivity contribution in [3.63, 3.8) is 0 Å². The largest absolute Gasteiger partial charge is 0.313 e. The van der Waals surface area contributed by atoms with Crippen LogP contribution in [0.15, 0.2) is 18.2 Å². The molecule has 1 N–H and O–H groups in total. The van der Waals surface area contributed by atoms with Crippen molar-refractivity contribution in [2.24, 2.45) is 0 Å². The summed E-state index contributed by atoms with van der Waals surface area (Å²) in [6.07, 6.45) is 2.53. The van der Waals surface area contributed by atoms with Crippen LogP contribution in [0.1, 0.15) is 37.8 Å². The number of nitrogens with one attached hydrogen (secondary N) is 1. The molecular formula is C16H25FN2. The number of rotatable bonds is 5. The Morgan fingerprint density at radius 1 is 1.42 bits per heavy atom. The molecule has 19 heavy (non-hydrogen) atoms. The van der Waals surface area contributed by atoms with Crippen LogP contribution in [0.2, 0.25) is 0 Å². The highest BCUT2D eigenvalue weighted by molar-refractivity contribution is 5.23. The van der Waals surface area contributed by atoms with Gasteiger partial charge in [0.1, 0.15) is 5.82 Å². The molecule has 1 aromatic carbocycles. The fraction of sp³-hybridized carbons (Fsp3) is 0.625. The second kappa shape index (κ2) is 6.49. The SMILES string of the molecule is Cc1ccc(CN(CC2CCCN2)C(C)C)cc1F. The van der Waals surface area contributed by atoms with Crippen LogP contribution in [-0.4, -0.2) is 30.1 Å². The zero-order chi connectivity index (χ0) is 13.8. The van der Waals surface area contributed by atoms with Gasteiger partial charge in [-0.25, -0.2) is 4.39 Å². The Morgan fingerprint density at radius 3 is 2.79 bits per heavy atom. The third-order valence-electron chi connectivity index (χ3n) is 3.97. The van der Waals surface area contributed by atoms with Crippen molar-refractivity contribution in [1.82, 2.24) is 10.2 Å². The second-order valence-electron chi connectivity index (χ2n) is 5.90. The first-order valence-corrected chi connectivity index (χ1v) is 7.28. The van der Waals surface area contributed by atoms with Gasteiger partial charge in [-0.3, -0.25) is 4.90 Å². The van der Waals surface area contributed by atoms with Gasteiger partial charge in [-0.2, -0.15) is 0 Å². The van der Waals surface area contributed by atoms with Crippen molar-refractivity contribution in [2.45, 2.75) is 52.2 Å². The molecule has 1 fully saturated rings. The van der Waals surface area contributed by atoms with E-state index < -0.39 is 0 Å². The molecule has 1 heterocycles. The maximum Gasteiger partial charge on any atom is 0.126 e. The summed E-state index contributed by atoms with van der Waals surface area (Å²) < 4.78 is 13.6. The molecule has 1 aliphatic rings. The summed E-state index contributed by atoms with van der Waals surface area (Å²) in [5.41, 5.74) is 1.78. The van der Waals surface area contributed by atoms with Crippen LogP contribution in [0.5, 0.6) is 0 Å². The highest BCUT2D eigenvalue weighted by atomic mass is 19.1. The molecule has 0 radical (unpaired) electrons. The topological polar surface area (TPSA) is 15.3 Å². The Morgan fingerprint density at radius 2 is 2.21 bits per heavy atom. The highest BCUT2D eigenvalue weighted by Gasteiger charge is 2.19. The Labute approximate surface area is 116 Å². The van der Waals surface area contributed by atoms with Crippen LogP contribution in [0, 0.1) is 12.7 Å². The van der Waals surface area contributed by atoms with Crippen molar-refractivity contribution in [3.05, 3.63) is 35.1 Å². The van der Waals surface area contributed by atoms with E-state index in [1.54, 1.807) is 6.07 Å². The molecule has 106 valence electrons.